The average Bonchev–Trinajstić information content (AvgIpc) is 2.95. The van der Waals surface area contributed by atoms with E-state index in [0.29, 0.717) is 37.5 Å². The maximum absolute atomic E-state index is 14.1. The fourth-order valence-corrected chi connectivity index (χ4v) is 3.70. The number of benzene rings is 1. The number of aromatic nitrogens is 2. The van der Waals surface area contributed by atoms with Gasteiger partial charge in [-0.2, -0.15) is 5.10 Å². The minimum atomic E-state index is -0.465. The lowest BCUT2D eigenvalue weighted by Gasteiger charge is -2.33. The zero-order valence-electron chi connectivity index (χ0n) is 16.5. The second-order valence-corrected chi connectivity index (χ2v) is 7.14. The highest BCUT2D eigenvalue weighted by Crippen LogP contribution is 2.30. The van der Waals surface area contributed by atoms with Crippen molar-refractivity contribution < 1.29 is 18.3 Å². The number of aryl methyl sites for hydroxylation is 1. The van der Waals surface area contributed by atoms with Crippen molar-refractivity contribution in [3.8, 4) is 0 Å². The Morgan fingerprint density at radius 3 is 2.89 bits per heavy atom. The number of hydrogen-bond donors (Lipinski definition) is 1. The molecule has 28 heavy (non-hydrogen) atoms. The van der Waals surface area contributed by atoms with Crippen LogP contribution in [0.2, 0.25) is 0 Å². The number of amides is 2. The summed E-state index contributed by atoms with van der Waals surface area (Å²) in [6.07, 6.45) is 1.45. The standard InChI is InChI=1S/C20H26F2N4O2/c1-13-19(14(2)26(24-13)9-10-28-3)23-20(27)25-8-4-5-15(12-25)17-11-16(21)6-7-18(17)22/h6-7,11,15H,4-5,8-10,12H2,1-3H3,(H,23,27). The van der Waals surface area contributed by atoms with Crippen LogP contribution in [-0.4, -0.2) is 47.5 Å². The Bertz CT molecular complexity index is 853. The van der Waals surface area contributed by atoms with Crippen LogP contribution in [0.4, 0.5) is 19.3 Å². The van der Waals surface area contributed by atoms with E-state index in [2.05, 4.69) is 10.4 Å². The molecule has 152 valence electrons. The van der Waals surface area contributed by atoms with Gasteiger partial charge < -0.3 is 15.0 Å². The number of carbonyl (C=O) groups excluding carboxylic acids is 1. The lowest BCUT2D eigenvalue weighted by atomic mass is 9.90. The molecule has 0 saturated carbocycles. The highest BCUT2D eigenvalue weighted by atomic mass is 19.1. The van der Waals surface area contributed by atoms with Gasteiger partial charge in [0.05, 0.1) is 30.2 Å². The first-order valence-electron chi connectivity index (χ1n) is 9.44. The molecule has 2 aromatic rings. The molecule has 1 saturated heterocycles. The lowest BCUT2D eigenvalue weighted by Crippen LogP contribution is -2.42. The van der Waals surface area contributed by atoms with Crippen LogP contribution in [0.25, 0.3) is 0 Å². The SMILES string of the molecule is COCCn1nc(C)c(NC(=O)N2CCCC(c3cc(F)ccc3F)C2)c1C. The summed E-state index contributed by atoms with van der Waals surface area (Å²) in [4.78, 5) is 14.5. The van der Waals surface area contributed by atoms with E-state index in [9.17, 15) is 13.6 Å². The quantitative estimate of drug-likeness (QED) is 0.841. The van der Waals surface area contributed by atoms with Gasteiger partial charge in [0.2, 0.25) is 0 Å². The Kier molecular flexibility index (Phi) is 6.28. The summed E-state index contributed by atoms with van der Waals surface area (Å²) in [5, 5.41) is 7.38. The number of methoxy groups -OCH3 is 1. The Hall–Kier alpha value is -2.48. The van der Waals surface area contributed by atoms with Gasteiger partial charge >= 0.3 is 6.03 Å². The third-order valence-electron chi connectivity index (χ3n) is 5.23. The van der Waals surface area contributed by atoms with E-state index < -0.39 is 11.6 Å². The number of hydrogen-bond acceptors (Lipinski definition) is 3. The van der Waals surface area contributed by atoms with Crippen LogP contribution in [0.1, 0.15) is 35.7 Å². The minimum absolute atomic E-state index is 0.221. The molecule has 0 radical (unpaired) electrons. The van der Waals surface area contributed by atoms with Gasteiger partial charge in [0.15, 0.2) is 0 Å². The molecule has 0 bridgehead atoms. The molecular formula is C20H26F2N4O2. The van der Waals surface area contributed by atoms with E-state index in [4.69, 9.17) is 4.74 Å². The normalized spacial score (nSPS) is 17.0. The number of nitrogens with one attached hydrogen (secondary N) is 1. The van der Waals surface area contributed by atoms with Crippen molar-refractivity contribution in [3.63, 3.8) is 0 Å². The molecule has 6 nitrogen and oxygen atoms in total. The molecule has 1 unspecified atom stereocenters. The van der Waals surface area contributed by atoms with Crippen molar-refractivity contribution in [3.05, 3.63) is 46.8 Å². The number of halogens is 2. The highest BCUT2D eigenvalue weighted by molar-refractivity contribution is 5.90. The Balaban J connectivity index is 1.71. The van der Waals surface area contributed by atoms with Crippen molar-refractivity contribution in [2.24, 2.45) is 0 Å². The Morgan fingerprint density at radius 1 is 1.36 bits per heavy atom. The monoisotopic (exact) mass is 392 g/mol. The van der Waals surface area contributed by atoms with Crippen LogP contribution < -0.4 is 5.32 Å². The van der Waals surface area contributed by atoms with Gasteiger partial charge in [-0.05, 0) is 50.5 Å². The van der Waals surface area contributed by atoms with Gasteiger partial charge in [-0.1, -0.05) is 0 Å². The molecule has 1 aliphatic rings. The number of carbonyl (C=O) groups is 1. The number of anilines is 1. The van der Waals surface area contributed by atoms with Gasteiger partial charge in [-0.25, -0.2) is 13.6 Å². The third kappa shape index (κ3) is 4.32. The first-order chi connectivity index (χ1) is 13.4. The predicted molar refractivity (Wildman–Crippen MR) is 103 cm³/mol. The van der Waals surface area contributed by atoms with Gasteiger partial charge in [-0.15, -0.1) is 0 Å². The third-order valence-corrected chi connectivity index (χ3v) is 5.23. The van der Waals surface area contributed by atoms with Crippen LogP contribution >= 0.6 is 0 Å². The average molecular weight is 392 g/mol. The van der Waals surface area contributed by atoms with Crippen molar-refractivity contribution in [1.82, 2.24) is 14.7 Å². The molecule has 8 heteroatoms. The lowest BCUT2D eigenvalue weighted by molar-refractivity contribution is 0.182. The second-order valence-electron chi connectivity index (χ2n) is 7.14. The molecule has 1 aromatic heterocycles. The number of likely N-dealkylation sites (tertiary alicyclic amines) is 1. The number of urea groups is 1. The molecule has 0 spiro atoms. The highest BCUT2D eigenvalue weighted by Gasteiger charge is 2.27. The van der Waals surface area contributed by atoms with Crippen LogP contribution in [0.3, 0.4) is 0 Å². The Labute approximate surface area is 163 Å². The second kappa shape index (κ2) is 8.68. The predicted octanol–water partition coefficient (Wildman–Crippen LogP) is 3.84. The molecule has 1 N–H and O–H groups in total. The maximum Gasteiger partial charge on any atom is 0.321 e. The number of nitrogens with zero attached hydrogens (tertiary/aromatic N) is 3. The molecule has 0 aliphatic carbocycles. The van der Waals surface area contributed by atoms with Crippen LogP contribution in [0.5, 0.6) is 0 Å². The summed E-state index contributed by atoms with van der Waals surface area (Å²) in [5.41, 5.74) is 2.59. The zero-order chi connectivity index (χ0) is 20.3. The fraction of sp³-hybridized carbons (Fsp3) is 0.500. The van der Waals surface area contributed by atoms with Crippen LogP contribution in [0, 0.1) is 25.5 Å². The largest absolute Gasteiger partial charge is 0.383 e. The molecular weight excluding hydrogens is 366 g/mol. The smallest absolute Gasteiger partial charge is 0.321 e. The van der Waals surface area contributed by atoms with Gasteiger partial charge in [-0.3, -0.25) is 4.68 Å². The van der Waals surface area contributed by atoms with Crippen molar-refractivity contribution in [2.75, 3.05) is 32.1 Å². The first-order valence-corrected chi connectivity index (χ1v) is 9.44. The summed E-state index contributed by atoms with van der Waals surface area (Å²) in [6.45, 7) is 5.79. The number of piperidine rings is 1. The van der Waals surface area contributed by atoms with Gasteiger partial charge in [0.1, 0.15) is 11.6 Å². The Morgan fingerprint density at radius 2 is 2.14 bits per heavy atom. The van der Waals surface area contributed by atoms with E-state index in [1.807, 2.05) is 13.8 Å². The molecule has 3 rings (SSSR count). The molecule has 2 heterocycles. The number of ether oxygens (including phenoxy) is 1. The van der Waals surface area contributed by atoms with E-state index >= 15 is 0 Å². The van der Waals surface area contributed by atoms with E-state index in [1.54, 1.807) is 16.7 Å². The summed E-state index contributed by atoms with van der Waals surface area (Å²) < 4.78 is 34.6. The summed E-state index contributed by atoms with van der Waals surface area (Å²) in [7, 11) is 1.63. The summed E-state index contributed by atoms with van der Waals surface area (Å²) in [5.74, 6) is -1.12. The molecule has 1 aromatic carbocycles. The molecule has 1 atom stereocenters. The van der Waals surface area contributed by atoms with E-state index in [-0.39, 0.29) is 11.9 Å². The van der Waals surface area contributed by atoms with Crippen molar-refractivity contribution >= 4 is 11.7 Å². The van der Waals surface area contributed by atoms with Gasteiger partial charge in [0.25, 0.3) is 0 Å². The molecule has 1 fully saturated rings. The summed E-state index contributed by atoms with van der Waals surface area (Å²) in [6, 6.07) is 3.23. The molecule has 2 amide bonds. The topological polar surface area (TPSA) is 59.4 Å². The number of rotatable bonds is 5. The van der Waals surface area contributed by atoms with Crippen molar-refractivity contribution in [1.29, 1.82) is 0 Å². The fourth-order valence-electron chi connectivity index (χ4n) is 3.70. The van der Waals surface area contributed by atoms with Crippen LogP contribution in [0.15, 0.2) is 18.2 Å². The van der Waals surface area contributed by atoms with Crippen LogP contribution in [-0.2, 0) is 11.3 Å². The molecule has 1 aliphatic heterocycles. The summed E-state index contributed by atoms with van der Waals surface area (Å²) >= 11 is 0. The van der Waals surface area contributed by atoms with E-state index in [1.165, 1.54) is 6.07 Å². The van der Waals surface area contributed by atoms with E-state index in [0.717, 1.165) is 36.4 Å². The van der Waals surface area contributed by atoms with Gasteiger partial charge in [0, 0.05) is 26.1 Å². The minimum Gasteiger partial charge on any atom is -0.383 e. The first kappa shape index (κ1) is 20.3. The maximum atomic E-state index is 14.1. The zero-order valence-corrected chi connectivity index (χ0v) is 16.5. The van der Waals surface area contributed by atoms with Crippen molar-refractivity contribution in [2.45, 2.75) is 39.2 Å².